The number of halogens is 1. The van der Waals surface area contributed by atoms with Gasteiger partial charge in [0, 0.05) is 31.1 Å². The fourth-order valence-corrected chi connectivity index (χ4v) is 1.91. The quantitative estimate of drug-likeness (QED) is 0.743. The summed E-state index contributed by atoms with van der Waals surface area (Å²) in [4.78, 5) is 8.63. The van der Waals surface area contributed by atoms with Crippen molar-refractivity contribution in [1.29, 1.82) is 0 Å². The molecule has 20 heavy (non-hydrogen) atoms. The van der Waals surface area contributed by atoms with Gasteiger partial charge in [-0.1, -0.05) is 11.6 Å². The topological polar surface area (TPSA) is 79.7 Å². The summed E-state index contributed by atoms with van der Waals surface area (Å²) in [5, 5.41) is 7.68. The molecule has 1 aliphatic rings. The van der Waals surface area contributed by atoms with Gasteiger partial charge in [-0.2, -0.15) is 5.10 Å². The number of nitrogens with zero attached hydrogens (tertiary/aromatic N) is 4. The number of anilines is 2. The van der Waals surface area contributed by atoms with E-state index in [2.05, 4.69) is 31.2 Å². The van der Waals surface area contributed by atoms with E-state index >= 15 is 0 Å². The molecule has 3 heterocycles. The van der Waals surface area contributed by atoms with Gasteiger partial charge in [0.15, 0.2) is 0 Å². The van der Waals surface area contributed by atoms with Crippen LogP contribution in [0.15, 0.2) is 42.0 Å². The Morgan fingerprint density at radius 3 is 2.95 bits per heavy atom. The highest BCUT2D eigenvalue weighted by Crippen LogP contribution is 2.19. The molecule has 8 heteroatoms. The summed E-state index contributed by atoms with van der Waals surface area (Å²) in [5.74, 6) is 1.31. The maximum Gasteiger partial charge on any atom is 0.228 e. The van der Waals surface area contributed by atoms with Crippen molar-refractivity contribution in [3.05, 3.63) is 47.7 Å². The molecule has 0 fully saturated rings. The largest absolute Gasteiger partial charge is 0.309 e. The summed E-state index contributed by atoms with van der Waals surface area (Å²) in [7, 11) is 1.84. The molecule has 7 nitrogen and oxygen atoms in total. The predicted octanol–water partition coefficient (Wildman–Crippen LogP) is 1.48. The number of hydrogen-bond donors (Lipinski definition) is 3. The third kappa shape index (κ3) is 2.57. The molecule has 0 spiro atoms. The summed E-state index contributed by atoms with van der Waals surface area (Å²) in [6.07, 6.45) is 6.95. The van der Waals surface area contributed by atoms with E-state index in [9.17, 15) is 0 Å². The first kappa shape index (κ1) is 12.5. The third-order valence-electron chi connectivity index (χ3n) is 2.71. The van der Waals surface area contributed by atoms with E-state index in [1.54, 1.807) is 29.4 Å². The lowest BCUT2D eigenvalue weighted by Crippen LogP contribution is -2.26. The first-order valence-electron chi connectivity index (χ1n) is 5.90. The van der Waals surface area contributed by atoms with E-state index in [-0.39, 0.29) is 0 Å². The van der Waals surface area contributed by atoms with Crippen molar-refractivity contribution in [2.45, 2.75) is 0 Å². The number of nitrogens with one attached hydrogen (secondary N) is 3. The van der Waals surface area contributed by atoms with Gasteiger partial charge in [-0.15, -0.1) is 0 Å². The van der Waals surface area contributed by atoms with E-state index in [1.165, 1.54) is 0 Å². The van der Waals surface area contributed by atoms with Crippen LogP contribution in [0, 0.1) is 0 Å². The molecule has 1 aliphatic heterocycles. The summed E-state index contributed by atoms with van der Waals surface area (Å²) in [6.45, 7) is 0. The normalized spacial score (nSPS) is 13.9. The van der Waals surface area contributed by atoms with Gasteiger partial charge in [-0.05, 0) is 12.1 Å². The highest BCUT2D eigenvalue weighted by atomic mass is 35.5. The van der Waals surface area contributed by atoms with E-state index < -0.39 is 0 Å². The molecule has 0 amide bonds. The fourth-order valence-electron chi connectivity index (χ4n) is 1.74. The van der Waals surface area contributed by atoms with Gasteiger partial charge in [0.25, 0.3) is 0 Å². The Morgan fingerprint density at radius 2 is 2.20 bits per heavy atom. The Hall–Kier alpha value is -2.54. The summed E-state index contributed by atoms with van der Waals surface area (Å²) in [5.41, 5.74) is 7.25. The molecule has 102 valence electrons. The Kier molecular flexibility index (Phi) is 3.26. The number of aryl methyl sites for hydroxylation is 1. The van der Waals surface area contributed by atoms with Crippen LogP contribution in [0.5, 0.6) is 0 Å². The van der Waals surface area contributed by atoms with Crippen LogP contribution in [0.25, 0.3) is 5.57 Å². The molecule has 0 aromatic carbocycles. The minimum atomic E-state index is 0.495. The van der Waals surface area contributed by atoms with Crippen LogP contribution < -0.4 is 16.2 Å². The molecular weight excluding hydrogens is 278 g/mol. The van der Waals surface area contributed by atoms with Gasteiger partial charge in [0.05, 0.1) is 11.9 Å². The van der Waals surface area contributed by atoms with Crippen molar-refractivity contribution in [1.82, 2.24) is 30.6 Å². The molecule has 0 saturated heterocycles. The van der Waals surface area contributed by atoms with E-state index in [4.69, 9.17) is 11.6 Å². The van der Waals surface area contributed by atoms with Crippen LogP contribution in [-0.2, 0) is 7.05 Å². The van der Waals surface area contributed by atoms with Gasteiger partial charge < -0.3 is 10.7 Å². The second-order valence-electron chi connectivity index (χ2n) is 4.09. The second-order valence-corrected chi connectivity index (χ2v) is 4.50. The van der Waals surface area contributed by atoms with Crippen LogP contribution in [-0.4, -0.2) is 19.7 Å². The highest BCUT2D eigenvalue weighted by molar-refractivity contribution is 6.30. The van der Waals surface area contributed by atoms with Gasteiger partial charge in [-0.3, -0.25) is 10.1 Å². The summed E-state index contributed by atoms with van der Waals surface area (Å²) in [6, 6.07) is 3.66. The van der Waals surface area contributed by atoms with Gasteiger partial charge in [0.1, 0.15) is 11.0 Å². The predicted molar refractivity (Wildman–Crippen MR) is 76.7 cm³/mol. The van der Waals surface area contributed by atoms with Crippen molar-refractivity contribution < 1.29 is 0 Å². The zero-order valence-electron chi connectivity index (χ0n) is 10.6. The lowest BCUT2D eigenvalue weighted by molar-refractivity contribution is 0.755. The molecular formula is C12H12ClN7. The number of allylic oxidation sites excluding steroid dienone is 2. The molecule has 0 radical (unpaired) electrons. The third-order valence-corrected chi connectivity index (χ3v) is 2.92. The van der Waals surface area contributed by atoms with Crippen LogP contribution >= 0.6 is 11.6 Å². The molecule has 0 aliphatic carbocycles. The fraction of sp³-hybridized carbons (Fsp3) is 0.0833. The lowest BCUT2D eigenvalue weighted by Gasteiger charge is -2.13. The highest BCUT2D eigenvalue weighted by Gasteiger charge is 2.08. The van der Waals surface area contributed by atoms with Crippen LogP contribution in [0.1, 0.15) is 5.69 Å². The molecule has 0 atom stereocenters. The van der Waals surface area contributed by atoms with Crippen LogP contribution in [0.4, 0.5) is 11.8 Å². The number of hydrazine groups is 1. The smallest absolute Gasteiger partial charge is 0.228 e. The monoisotopic (exact) mass is 289 g/mol. The first-order chi connectivity index (χ1) is 9.72. The minimum Gasteiger partial charge on any atom is -0.309 e. The number of rotatable bonds is 3. The minimum absolute atomic E-state index is 0.495. The Balaban J connectivity index is 1.87. The van der Waals surface area contributed by atoms with E-state index in [0.29, 0.717) is 11.1 Å². The van der Waals surface area contributed by atoms with E-state index in [1.807, 2.05) is 19.2 Å². The van der Waals surface area contributed by atoms with Crippen molar-refractivity contribution in [2.24, 2.45) is 7.05 Å². The average Bonchev–Trinajstić information content (AvgIpc) is 2.85. The van der Waals surface area contributed by atoms with Crippen LogP contribution in [0.2, 0.25) is 0 Å². The second kappa shape index (κ2) is 5.22. The Labute approximate surface area is 120 Å². The maximum atomic E-state index is 5.91. The summed E-state index contributed by atoms with van der Waals surface area (Å²) >= 11 is 5.91. The van der Waals surface area contributed by atoms with Crippen molar-refractivity contribution >= 4 is 28.9 Å². The lowest BCUT2D eigenvalue weighted by atomic mass is 10.2. The molecule has 3 rings (SSSR count). The van der Waals surface area contributed by atoms with Crippen molar-refractivity contribution in [3.8, 4) is 0 Å². The molecule has 0 bridgehead atoms. The summed E-state index contributed by atoms with van der Waals surface area (Å²) < 4.78 is 1.71. The molecule has 3 N–H and O–H groups in total. The molecule has 0 saturated carbocycles. The SMILES string of the molecule is Cn1nccc1Nc1nccc(C2=CNNC(Cl)=C2)n1. The zero-order chi connectivity index (χ0) is 13.9. The van der Waals surface area contributed by atoms with Gasteiger partial charge in [0.2, 0.25) is 5.95 Å². The first-order valence-corrected chi connectivity index (χ1v) is 6.27. The maximum absolute atomic E-state index is 5.91. The number of aromatic nitrogens is 4. The Morgan fingerprint density at radius 1 is 1.30 bits per heavy atom. The Bertz CT molecular complexity index is 689. The van der Waals surface area contributed by atoms with Crippen molar-refractivity contribution in [2.75, 3.05) is 5.32 Å². The molecule has 0 unspecified atom stereocenters. The average molecular weight is 290 g/mol. The zero-order valence-corrected chi connectivity index (χ0v) is 11.4. The molecule has 2 aromatic heterocycles. The molecule has 2 aromatic rings. The van der Waals surface area contributed by atoms with E-state index in [0.717, 1.165) is 17.1 Å². The van der Waals surface area contributed by atoms with Gasteiger partial charge in [-0.25, -0.2) is 9.97 Å². The number of hydrogen-bond acceptors (Lipinski definition) is 6. The van der Waals surface area contributed by atoms with Crippen LogP contribution in [0.3, 0.4) is 0 Å². The standard InChI is InChI=1S/C12H12ClN7/c1-20-11(3-5-16-20)18-12-14-4-2-9(17-12)8-6-10(13)19-15-7-8/h2-7,15,19H,1H3,(H,14,17,18). The van der Waals surface area contributed by atoms with Gasteiger partial charge >= 0.3 is 0 Å². The van der Waals surface area contributed by atoms with Crippen molar-refractivity contribution in [3.63, 3.8) is 0 Å².